The highest BCUT2D eigenvalue weighted by atomic mass is 32.2. The minimum atomic E-state index is -0.391. The number of nitrogens with zero attached hydrogens (tertiary/aromatic N) is 5. The molecule has 9 heteroatoms. The van der Waals surface area contributed by atoms with E-state index < -0.39 is 5.69 Å². The third-order valence-electron chi connectivity index (χ3n) is 4.36. The van der Waals surface area contributed by atoms with E-state index in [4.69, 9.17) is 0 Å². The van der Waals surface area contributed by atoms with Crippen molar-refractivity contribution in [3.05, 3.63) is 39.1 Å². The van der Waals surface area contributed by atoms with Crippen LogP contribution < -0.4 is 11.2 Å². The van der Waals surface area contributed by atoms with Gasteiger partial charge in [0.05, 0.1) is 5.75 Å². The van der Waals surface area contributed by atoms with Crippen molar-refractivity contribution in [3.8, 4) is 0 Å². The molecule has 0 aliphatic carbocycles. The smallest absolute Gasteiger partial charge is 0.326 e. The molecule has 3 heterocycles. The van der Waals surface area contributed by atoms with Gasteiger partial charge >= 0.3 is 5.69 Å². The maximum Gasteiger partial charge on any atom is 0.330 e. The SMILES string of the molecule is CCCCn1c(=O)[nH]c(=O)c2c1nc(CSc1nccn1CC)n2CC. The van der Waals surface area contributed by atoms with Gasteiger partial charge in [-0.1, -0.05) is 25.1 Å². The van der Waals surface area contributed by atoms with Gasteiger partial charge in [0.25, 0.3) is 5.56 Å². The molecule has 0 aliphatic rings. The predicted molar refractivity (Wildman–Crippen MR) is 103 cm³/mol. The van der Waals surface area contributed by atoms with Crippen LogP contribution in [0.25, 0.3) is 11.2 Å². The van der Waals surface area contributed by atoms with E-state index in [-0.39, 0.29) is 5.56 Å². The first kappa shape index (κ1) is 18.5. The highest BCUT2D eigenvalue weighted by molar-refractivity contribution is 7.98. The summed E-state index contributed by atoms with van der Waals surface area (Å²) in [5, 5.41) is 0.916. The lowest BCUT2D eigenvalue weighted by molar-refractivity contribution is 0.613. The van der Waals surface area contributed by atoms with Crippen LogP contribution in [0.3, 0.4) is 0 Å². The average molecular weight is 376 g/mol. The molecule has 26 heavy (non-hydrogen) atoms. The zero-order valence-corrected chi connectivity index (χ0v) is 16.2. The van der Waals surface area contributed by atoms with E-state index in [9.17, 15) is 9.59 Å². The Hall–Kier alpha value is -2.29. The Balaban J connectivity index is 2.04. The largest absolute Gasteiger partial charge is 0.330 e. The quantitative estimate of drug-likeness (QED) is 0.609. The summed E-state index contributed by atoms with van der Waals surface area (Å²) in [6.07, 6.45) is 5.54. The molecule has 140 valence electrons. The molecule has 8 nitrogen and oxygen atoms in total. The Morgan fingerprint density at radius 2 is 1.96 bits per heavy atom. The molecular weight excluding hydrogens is 352 g/mol. The van der Waals surface area contributed by atoms with Gasteiger partial charge < -0.3 is 9.13 Å². The number of imidazole rings is 2. The maximum absolute atomic E-state index is 12.4. The Kier molecular flexibility index (Phi) is 5.65. The van der Waals surface area contributed by atoms with E-state index in [1.807, 2.05) is 17.7 Å². The second-order valence-electron chi connectivity index (χ2n) is 5.99. The zero-order valence-electron chi connectivity index (χ0n) is 15.4. The third-order valence-corrected chi connectivity index (χ3v) is 5.37. The highest BCUT2D eigenvalue weighted by Gasteiger charge is 2.18. The number of hydrogen-bond donors (Lipinski definition) is 1. The summed E-state index contributed by atoms with van der Waals surface area (Å²) in [5.41, 5.74) is 0.178. The molecular formula is C17H24N6O2S. The fourth-order valence-electron chi connectivity index (χ4n) is 3.00. The number of fused-ring (bicyclic) bond motifs is 1. The van der Waals surface area contributed by atoms with Crippen LogP contribution in [0.1, 0.15) is 39.4 Å². The monoisotopic (exact) mass is 376 g/mol. The van der Waals surface area contributed by atoms with Gasteiger partial charge in [0.2, 0.25) is 0 Å². The van der Waals surface area contributed by atoms with E-state index in [0.29, 0.717) is 30.0 Å². The van der Waals surface area contributed by atoms with Crippen LogP contribution in [0, 0.1) is 0 Å². The Morgan fingerprint density at radius 3 is 2.65 bits per heavy atom. The summed E-state index contributed by atoms with van der Waals surface area (Å²) in [5.74, 6) is 1.36. The minimum Gasteiger partial charge on any atom is -0.326 e. The van der Waals surface area contributed by atoms with E-state index in [1.165, 1.54) is 0 Å². The molecule has 0 radical (unpaired) electrons. The molecule has 0 amide bonds. The van der Waals surface area contributed by atoms with Gasteiger partial charge in [-0.05, 0) is 20.3 Å². The fraction of sp³-hybridized carbons (Fsp3) is 0.529. The fourth-order valence-corrected chi connectivity index (χ4v) is 3.97. The molecule has 0 fully saturated rings. The number of rotatable bonds is 8. The topological polar surface area (TPSA) is 90.5 Å². The van der Waals surface area contributed by atoms with Gasteiger partial charge in [-0.3, -0.25) is 14.3 Å². The van der Waals surface area contributed by atoms with Crippen LogP contribution in [-0.4, -0.2) is 28.7 Å². The summed E-state index contributed by atoms with van der Waals surface area (Å²) in [6, 6.07) is 0. The number of hydrogen-bond acceptors (Lipinski definition) is 5. The van der Waals surface area contributed by atoms with E-state index in [2.05, 4.69) is 33.4 Å². The van der Waals surface area contributed by atoms with E-state index in [0.717, 1.165) is 30.4 Å². The van der Waals surface area contributed by atoms with Crippen LogP contribution in [0.5, 0.6) is 0 Å². The van der Waals surface area contributed by atoms with Crippen LogP contribution in [-0.2, 0) is 25.4 Å². The van der Waals surface area contributed by atoms with Gasteiger partial charge in [-0.2, -0.15) is 0 Å². The molecule has 0 aliphatic heterocycles. The minimum absolute atomic E-state index is 0.376. The Morgan fingerprint density at radius 1 is 1.15 bits per heavy atom. The standard InChI is InChI=1S/C17H24N6O2S/c1-4-7-9-23-14-13(15(24)20-16(23)25)22(6-3)12(19-14)11-26-17-18-8-10-21(17)5-2/h8,10H,4-7,9,11H2,1-3H3,(H,20,24,25). The summed E-state index contributed by atoms with van der Waals surface area (Å²) in [4.78, 5) is 36.1. The second-order valence-corrected chi connectivity index (χ2v) is 6.94. The van der Waals surface area contributed by atoms with Gasteiger partial charge in [0.15, 0.2) is 16.3 Å². The molecule has 0 unspecified atom stereocenters. The van der Waals surface area contributed by atoms with Crippen molar-refractivity contribution in [2.75, 3.05) is 0 Å². The number of aryl methyl sites for hydroxylation is 3. The first-order valence-corrected chi connectivity index (χ1v) is 9.95. The zero-order chi connectivity index (χ0) is 18.7. The predicted octanol–water partition coefficient (Wildman–Crippen LogP) is 2.21. The highest BCUT2D eigenvalue weighted by Crippen LogP contribution is 2.23. The van der Waals surface area contributed by atoms with E-state index in [1.54, 1.807) is 22.5 Å². The lowest BCUT2D eigenvalue weighted by atomic mass is 10.3. The van der Waals surface area contributed by atoms with E-state index >= 15 is 0 Å². The van der Waals surface area contributed by atoms with Crippen molar-refractivity contribution in [3.63, 3.8) is 0 Å². The maximum atomic E-state index is 12.4. The van der Waals surface area contributed by atoms with Crippen molar-refractivity contribution in [2.45, 2.75) is 64.2 Å². The lowest BCUT2D eigenvalue weighted by Crippen LogP contribution is -2.31. The molecule has 1 N–H and O–H groups in total. The molecule has 0 saturated heterocycles. The molecule has 0 saturated carbocycles. The number of nitrogens with one attached hydrogen (secondary N) is 1. The molecule has 0 atom stereocenters. The van der Waals surface area contributed by atoms with Crippen molar-refractivity contribution >= 4 is 22.9 Å². The number of aromatic nitrogens is 6. The normalized spacial score (nSPS) is 11.5. The molecule has 0 bridgehead atoms. The molecule has 0 aromatic carbocycles. The van der Waals surface area contributed by atoms with Crippen molar-refractivity contribution in [1.29, 1.82) is 0 Å². The number of unbranched alkanes of at least 4 members (excludes halogenated alkanes) is 1. The summed E-state index contributed by atoms with van der Waals surface area (Å²) >= 11 is 1.58. The summed E-state index contributed by atoms with van der Waals surface area (Å²) in [6.45, 7) is 8.13. The second kappa shape index (κ2) is 7.94. The van der Waals surface area contributed by atoms with Gasteiger partial charge in [0, 0.05) is 32.0 Å². The number of thioether (sulfide) groups is 1. The van der Waals surface area contributed by atoms with Crippen molar-refractivity contribution in [1.82, 2.24) is 28.7 Å². The summed E-state index contributed by atoms with van der Waals surface area (Å²) < 4.78 is 5.53. The Bertz CT molecular complexity index is 1010. The molecule has 0 spiro atoms. The first-order valence-electron chi connectivity index (χ1n) is 8.96. The van der Waals surface area contributed by atoms with Crippen LogP contribution in [0.2, 0.25) is 0 Å². The Labute approximate surface area is 155 Å². The number of aromatic amines is 1. The van der Waals surface area contributed by atoms with Gasteiger partial charge in [-0.25, -0.2) is 14.8 Å². The van der Waals surface area contributed by atoms with Gasteiger partial charge in [0.1, 0.15) is 5.82 Å². The van der Waals surface area contributed by atoms with Crippen molar-refractivity contribution in [2.24, 2.45) is 0 Å². The van der Waals surface area contributed by atoms with Crippen LogP contribution >= 0.6 is 11.8 Å². The van der Waals surface area contributed by atoms with Crippen molar-refractivity contribution < 1.29 is 0 Å². The molecule has 3 rings (SSSR count). The van der Waals surface area contributed by atoms with Crippen LogP contribution in [0.15, 0.2) is 27.1 Å². The van der Waals surface area contributed by atoms with Gasteiger partial charge in [-0.15, -0.1) is 0 Å². The first-order chi connectivity index (χ1) is 12.6. The van der Waals surface area contributed by atoms with Crippen LogP contribution in [0.4, 0.5) is 0 Å². The molecule has 3 aromatic heterocycles. The summed E-state index contributed by atoms with van der Waals surface area (Å²) in [7, 11) is 0. The lowest BCUT2D eigenvalue weighted by Gasteiger charge is -2.07. The molecule has 3 aromatic rings. The average Bonchev–Trinajstić information content (AvgIpc) is 3.23. The third kappa shape index (κ3) is 3.35. The number of H-pyrrole nitrogens is 1.